The maximum Gasteiger partial charge on any atom is 0.132 e. The SMILES string of the molecule is CCc1nc(-c2cc(F)ccc2C)c(N)n1C(C)(C)C. The van der Waals surface area contributed by atoms with Gasteiger partial charge in [-0.3, -0.25) is 0 Å². The van der Waals surface area contributed by atoms with Crippen molar-refractivity contribution < 1.29 is 4.39 Å². The summed E-state index contributed by atoms with van der Waals surface area (Å²) in [6.45, 7) is 10.3. The lowest BCUT2D eigenvalue weighted by molar-refractivity contribution is 0.389. The summed E-state index contributed by atoms with van der Waals surface area (Å²) >= 11 is 0. The first-order chi connectivity index (χ1) is 9.25. The van der Waals surface area contributed by atoms with E-state index >= 15 is 0 Å². The van der Waals surface area contributed by atoms with Crippen molar-refractivity contribution in [2.75, 3.05) is 5.73 Å². The summed E-state index contributed by atoms with van der Waals surface area (Å²) in [5, 5.41) is 0. The molecule has 1 aromatic heterocycles. The van der Waals surface area contributed by atoms with Crippen molar-refractivity contribution in [2.24, 2.45) is 0 Å². The van der Waals surface area contributed by atoms with E-state index in [0.717, 1.165) is 23.4 Å². The number of aryl methyl sites for hydroxylation is 2. The largest absolute Gasteiger partial charge is 0.383 e. The Morgan fingerprint density at radius 1 is 1.30 bits per heavy atom. The van der Waals surface area contributed by atoms with Gasteiger partial charge in [0.25, 0.3) is 0 Å². The van der Waals surface area contributed by atoms with Gasteiger partial charge in [-0.25, -0.2) is 9.37 Å². The summed E-state index contributed by atoms with van der Waals surface area (Å²) in [4.78, 5) is 4.64. The zero-order valence-electron chi connectivity index (χ0n) is 12.8. The molecule has 0 spiro atoms. The minimum absolute atomic E-state index is 0.151. The number of nitrogen functional groups attached to an aromatic ring is 1. The van der Waals surface area contributed by atoms with E-state index < -0.39 is 0 Å². The van der Waals surface area contributed by atoms with E-state index in [-0.39, 0.29) is 11.4 Å². The molecule has 0 aliphatic heterocycles. The van der Waals surface area contributed by atoms with Crippen molar-refractivity contribution in [2.45, 2.75) is 46.6 Å². The molecule has 3 nitrogen and oxygen atoms in total. The summed E-state index contributed by atoms with van der Waals surface area (Å²) in [7, 11) is 0. The predicted molar refractivity (Wildman–Crippen MR) is 81.1 cm³/mol. The van der Waals surface area contributed by atoms with Gasteiger partial charge >= 0.3 is 0 Å². The number of imidazole rings is 1. The molecule has 108 valence electrons. The molecule has 0 amide bonds. The minimum Gasteiger partial charge on any atom is -0.383 e. The second-order valence-electron chi connectivity index (χ2n) is 6.08. The van der Waals surface area contributed by atoms with Crippen molar-refractivity contribution in [3.8, 4) is 11.3 Å². The summed E-state index contributed by atoms with van der Waals surface area (Å²) in [6.07, 6.45) is 0.788. The van der Waals surface area contributed by atoms with E-state index in [4.69, 9.17) is 5.73 Å². The average molecular weight is 275 g/mol. The van der Waals surface area contributed by atoms with Crippen LogP contribution in [0.25, 0.3) is 11.3 Å². The monoisotopic (exact) mass is 275 g/mol. The van der Waals surface area contributed by atoms with Crippen molar-refractivity contribution >= 4 is 5.82 Å². The fourth-order valence-electron chi connectivity index (χ4n) is 2.51. The van der Waals surface area contributed by atoms with Crippen LogP contribution in [0.2, 0.25) is 0 Å². The first kappa shape index (κ1) is 14.6. The molecule has 1 aromatic carbocycles. The third-order valence-corrected chi connectivity index (χ3v) is 3.42. The molecule has 0 fully saturated rings. The van der Waals surface area contributed by atoms with Gasteiger partial charge in [-0.15, -0.1) is 0 Å². The van der Waals surface area contributed by atoms with Gasteiger partial charge in [-0.1, -0.05) is 13.0 Å². The van der Waals surface area contributed by atoms with Crippen LogP contribution >= 0.6 is 0 Å². The fourth-order valence-corrected chi connectivity index (χ4v) is 2.51. The Kier molecular flexibility index (Phi) is 3.59. The van der Waals surface area contributed by atoms with Gasteiger partial charge in [-0.2, -0.15) is 0 Å². The van der Waals surface area contributed by atoms with Crippen LogP contribution in [0.1, 0.15) is 39.1 Å². The molecule has 1 heterocycles. The molecular formula is C16H22FN3. The van der Waals surface area contributed by atoms with Gasteiger partial charge in [0.05, 0.1) is 0 Å². The average Bonchev–Trinajstić information content (AvgIpc) is 2.69. The molecule has 2 N–H and O–H groups in total. The Balaban J connectivity index is 2.71. The molecule has 20 heavy (non-hydrogen) atoms. The van der Waals surface area contributed by atoms with Crippen LogP contribution < -0.4 is 5.73 Å². The highest BCUT2D eigenvalue weighted by atomic mass is 19.1. The second kappa shape index (κ2) is 4.93. The van der Waals surface area contributed by atoms with E-state index in [2.05, 4.69) is 25.8 Å². The van der Waals surface area contributed by atoms with Gasteiger partial charge in [0.15, 0.2) is 0 Å². The van der Waals surface area contributed by atoms with Crippen molar-refractivity contribution in [1.29, 1.82) is 0 Å². The highest BCUT2D eigenvalue weighted by Gasteiger charge is 2.24. The topological polar surface area (TPSA) is 43.8 Å². The standard InChI is InChI=1S/C16H22FN3/c1-6-13-19-14(15(18)20(13)16(3,4)5)12-9-11(17)8-7-10(12)2/h7-9H,6,18H2,1-5H3. The fraction of sp³-hybridized carbons (Fsp3) is 0.438. The van der Waals surface area contributed by atoms with Gasteiger partial charge in [0.2, 0.25) is 0 Å². The number of hydrogen-bond acceptors (Lipinski definition) is 2. The summed E-state index contributed by atoms with van der Waals surface area (Å²) in [6, 6.07) is 4.71. The zero-order valence-corrected chi connectivity index (χ0v) is 12.8. The highest BCUT2D eigenvalue weighted by molar-refractivity contribution is 5.74. The van der Waals surface area contributed by atoms with Crippen LogP contribution in [-0.4, -0.2) is 9.55 Å². The van der Waals surface area contributed by atoms with E-state index in [1.165, 1.54) is 12.1 Å². The zero-order chi connectivity index (χ0) is 15.1. The van der Waals surface area contributed by atoms with Crippen LogP contribution in [0.5, 0.6) is 0 Å². The molecular weight excluding hydrogens is 253 g/mol. The Morgan fingerprint density at radius 2 is 1.95 bits per heavy atom. The molecule has 2 aromatic rings. The van der Waals surface area contributed by atoms with E-state index in [0.29, 0.717) is 11.5 Å². The molecule has 0 bridgehead atoms. The molecule has 0 atom stereocenters. The van der Waals surface area contributed by atoms with Crippen LogP contribution in [0, 0.1) is 12.7 Å². The molecule has 0 unspecified atom stereocenters. The van der Waals surface area contributed by atoms with Crippen LogP contribution in [0.3, 0.4) is 0 Å². The van der Waals surface area contributed by atoms with Gasteiger partial charge in [0, 0.05) is 17.5 Å². The molecule has 4 heteroatoms. The summed E-state index contributed by atoms with van der Waals surface area (Å²) in [5.41, 5.74) is 8.55. The number of anilines is 1. The molecule has 0 aliphatic carbocycles. The Labute approximate surface area is 119 Å². The van der Waals surface area contributed by atoms with Gasteiger partial charge in [-0.05, 0) is 45.4 Å². The third-order valence-electron chi connectivity index (χ3n) is 3.42. The lowest BCUT2D eigenvalue weighted by Crippen LogP contribution is -2.25. The maximum absolute atomic E-state index is 13.5. The minimum atomic E-state index is -0.270. The summed E-state index contributed by atoms with van der Waals surface area (Å²) in [5.74, 6) is 1.25. The Morgan fingerprint density at radius 3 is 2.45 bits per heavy atom. The molecule has 2 rings (SSSR count). The quantitative estimate of drug-likeness (QED) is 0.903. The third kappa shape index (κ3) is 2.42. The molecule has 0 saturated carbocycles. The van der Waals surface area contributed by atoms with Gasteiger partial charge in [0.1, 0.15) is 23.2 Å². The predicted octanol–water partition coefficient (Wildman–Crippen LogP) is 3.90. The van der Waals surface area contributed by atoms with Crippen molar-refractivity contribution in [3.63, 3.8) is 0 Å². The smallest absolute Gasteiger partial charge is 0.132 e. The Bertz CT molecular complexity index is 636. The van der Waals surface area contributed by atoms with Crippen LogP contribution in [0.15, 0.2) is 18.2 Å². The maximum atomic E-state index is 13.5. The van der Waals surface area contributed by atoms with E-state index in [1.54, 1.807) is 6.07 Å². The molecule has 0 aliphatic rings. The summed E-state index contributed by atoms with van der Waals surface area (Å²) < 4.78 is 15.5. The Hall–Kier alpha value is -1.84. The lowest BCUT2D eigenvalue weighted by Gasteiger charge is -2.24. The van der Waals surface area contributed by atoms with Crippen molar-refractivity contribution in [3.05, 3.63) is 35.4 Å². The number of aromatic nitrogens is 2. The van der Waals surface area contributed by atoms with E-state index in [1.807, 2.05) is 18.4 Å². The highest BCUT2D eigenvalue weighted by Crippen LogP contribution is 2.33. The first-order valence-electron chi connectivity index (χ1n) is 6.89. The molecule has 0 radical (unpaired) electrons. The lowest BCUT2D eigenvalue weighted by atomic mass is 10.0. The van der Waals surface area contributed by atoms with E-state index in [9.17, 15) is 4.39 Å². The van der Waals surface area contributed by atoms with Gasteiger partial charge < -0.3 is 10.3 Å². The normalized spacial score (nSPS) is 11.9. The number of halogens is 1. The number of nitrogens with zero attached hydrogens (tertiary/aromatic N) is 2. The number of benzene rings is 1. The first-order valence-corrected chi connectivity index (χ1v) is 6.89. The van der Waals surface area contributed by atoms with Crippen molar-refractivity contribution in [1.82, 2.24) is 9.55 Å². The van der Waals surface area contributed by atoms with Crippen LogP contribution in [0.4, 0.5) is 10.2 Å². The number of hydrogen-bond donors (Lipinski definition) is 1. The second-order valence-corrected chi connectivity index (χ2v) is 6.08. The van der Waals surface area contributed by atoms with Crippen LogP contribution in [-0.2, 0) is 12.0 Å². The number of rotatable bonds is 2. The molecule has 0 saturated heterocycles. The number of nitrogens with two attached hydrogens (primary N) is 1.